The molecule has 1 aromatic heterocycles. The Balaban J connectivity index is 1.49. The Hall–Kier alpha value is -3.68. The summed E-state index contributed by atoms with van der Waals surface area (Å²) in [7, 11) is 0. The number of hydrogen-bond acceptors (Lipinski definition) is 4. The maximum Gasteiger partial charge on any atom is 0.410 e. The third-order valence-electron chi connectivity index (χ3n) is 5.35. The molecule has 1 N–H and O–H groups in total. The van der Waals surface area contributed by atoms with Gasteiger partial charge in [-0.3, -0.25) is 9.69 Å². The topological polar surface area (TPSA) is 76.5 Å². The van der Waals surface area contributed by atoms with Crippen molar-refractivity contribution in [2.75, 3.05) is 11.9 Å². The molecule has 172 valence electrons. The van der Waals surface area contributed by atoms with Crippen molar-refractivity contribution in [3.8, 4) is 11.1 Å². The molecule has 0 unspecified atom stereocenters. The summed E-state index contributed by atoms with van der Waals surface area (Å²) < 4.78 is 20.6. The quantitative estimate of drug-likeness (QED) is 0.609. The second-order valence-corrected chi connectivity index (χ2v) is 9.13. The summed E-state index contributed by atoms with van der Waals surface area (Å²) >= 11 is 0. The molecule has 4 rings (SSSR count). The first-order valence-electron chi connectivity index (χ1n) is 10.8. The molecule has 0 spiro atoms. The van der Waals surface area contributed by atoms with Gasteiger partial charge in [0.25, 0.3) is 5.91 Å². The van der Waals surface area contributed by atoms with Crippen LogP contribution in [0.25, 0.3) is 11.1 Å². The number of aryl methyl sites for hydroxylation is 1. The van der Waals surface area contributed by atoms with E-state index in [0.29, 0.717) is 24.6 Å². The molecule has 0 fully saturated rings. The molecule has 1 aliphatic rings. The fraction of sp³-hybridized carbons (Fsp3) is 0.320. The van der Waals surface area contributed by atoms with Crippen molar-refractivity contribution < 1.29 is 18.7 Å². The van der Waals surface area contributed by atoms with Gasteiger partial charge in [0, 0.05) is 25.0 Å². The van der Waals surface area contributed by atoms with Gasteiger partial charge in [0.1, 0.15) is 22.9 Å². The monoisotopic (exact) mass is 450 g/mol. The molecular weight excluding hydrogens is 423 g/mol. The summed E-state index contributed by atoms with van der Waals surface area (Å²) in [6, 6.07) is 11.9. The van der Waals surface area contributed by atoms with Crippen LogP contribution in [0.4, 0.5) is 14.9 Å². The van der Waals surface area contributed by atoms with E-state index in [1.807, 2.05) is 50.5 Å². The lowest BCUT2D eigenvalue weighted by Crippen LogP contribution is -2.41. The van der Waals surface area contributed by atoms with Crippen LogP contribution in [0.2, 0.25) is 0 Å². The highest BCUT2D eigenvalue weighted by Crippen LogP contribution is 2.26. The highest BCUT2D eigenvalue weighted by atomic mass is 19.1. The average molecular weight is 451 g/mol. The predicted molar refractivity (Wildman–Crippen MR) is 123 cm³/mol. The van der Waals surface area contributed by atoms with Crippen molar-refractivity contribution in [1.29, 1.82) is 0 Å². The van der Waals surface area contributed by atoms with Gasteiger partial charge in [0.2, 0.25) is 0 Å². The number of aromatic nitrogens is 2. The van der Waals surface area contributed by atoms with E-state index < -0.39 is 11.7 Å². The van der Waals surface area contributed by atoms with Crippen molar-refractivity contribution >= 4 is 17.7 Å². The van der Waals surface area contributed by atoms with Crippen LogP contribution >= 0.6 is 0 Å². The van der Waals surface area contributed by atoms with Gasteiger partial charge >= 0.3 is 6.09 Å². The first-order chi connectivity index (χ1) is 15.6. The molecular formula is C25H27FN4O3. The van der Waals surface area contributed by atoms with E-state index in [4.69, 9.17) is 4.74 Å². The molecule has 8 heteroatoms. The minimum Gasteiger partial charge on any atom is -0.444 e. The third kappa shape index (κ3) is 5.22. The normalized spacial score (nSPS) is 13.4. The number of hydrogen-bond donors (Lipinski definition) is 1. The fourth-order valence-electron chi connectivity index (χ4n) is 3.61. The highest BCUT2D eigenvalue weighted by molar-refractivity contribution is 6.03. The zero-order valence-corrected chi connectivity index (χ0v) is 19.2. The van der Waals surface area contributed by atoms with Gasteiger partial charge in [-0.1, -0.05) is 24.3 Å². The molecule has 1 aliphatic heterocycles. The maximum atomic E-state index is 13.2. The average Bonchev–Trinajstić information content (AvgIpc) is 3.18. The second-order valence-electron chi connectivity index (χ2n) is 9.13. The van der Waals surface area contributed by atoms with Gasteiger partial charge in [-0.25, -0.2) is 14.2 Å². The standard InChI is InChI=1S/C25H27FN4O3/c1-16-5-6-18(17-7-9-19(26)10-8-17)13-20(16)28-23(31)21-14-29-11-12-30(15-22(29)27-21)24(32)33-25(2,3)4/h5-10,13-14H,11-12,15H2,1-4H3,(H,28,31). The molecule has 0 atom stereocenters. The second kappa shape index (κ2) is 8.69. The zero-order chi connectivity index (χ0) is 23.8. The van der Waals surface area contributed by atoms with E-state index in [-0.39, 0.29) is 24.0 Å². The predicted octanol–water partition coefficient (Wildman–Crippen LogP) is 5.00. The molecule has 2 amide bonds. The maximum absolute atomic E-state index is 13.2. The van der Waals surface area contributed by atoms with Crippen molar-refractivity contribution in [3.05, 3.63) is 71.6 Å². The number of halogens is 1. The van der Waals surface area contributed by atoms with Gasteiger partial charge in [0.15, 0.2) is 0 Å². The molecule has 0 saturated heterocycles. The Morgan fingerprint density at radius 2 is 1.76 bits per heavy atom. The van der Waals surface area contributed by atoms with Gasteiger partial charge < -0.3 is 14.6 Å². The number of nitrogens with zero attached hydrogens (tertiary/aromatic N) is 3. The summed E-state index contributed by atoms with van der Waals surface area (Å²) in [6.45, 7) is 8.68. The van der Waals surface area contributed by atoms with Crippen molar-refractivity contribution in [1.82, 2.24) is 14.5 Å². The lowest BCUT2D eigenvalue weighted by Gasteiger charge is -2.30. The Morgan fingerprint density at radius 3 is 2.45 bits per heavy atom. The molecule has 3 aromatic rings. The number of anilines is 1. The van der Waals surface area contributed by atoms with Crippen LogP contribution in [0.1, 0.15) is 42.6 Å². The van der Waals surface area contributed by atoms with Crippen LogP contribution < -0.4 is 5.32 Å². The number of nitrogens with one attached hydrogen (secondary N) is 1. The number of carbonyl (C=O) groups excluding carboxylic acids is 2. The molecule has 0 saturated carbocycles. The molecule has 2 heterocycles. The Kier molecular flexibility index (Phi) is 5.93. The summed E-state index contributed by atoms with van der Waals surface area (Å²) in [5.41, 5.74) is 2.98. The summed E-state index contributed by atoms with van der Waals surface area (Å²) in [5, 5.41) is 2.93. The minimum atomic E-state index is -0.574. The first kappa shape index (κ1) is 22.5. The number of ether oxygens (including phenoxy) is 1. The SMILES string of the molecule is Cc1ccc(-c2ccc(F)cc2)cc1NC(=O)c1cn2c(n1)CN(C(=O)OC(C)(C)C)CC2. The Labute approximate surface area is 192 Å². The van der Waals surface area contributed by atoms with E-state index in [1.54, 1.807) is 23.2 Å². The van der Waals surface area contributed by atoms with E-state index in [2.05, 4.69) is 10.3 Å². The van der Waals surface area contributed by atoms with E-state index in [1.165, 1.54) is 12.1 Å². The van der Waals surface area contributed by atoms with Crippen LogP contribution in [-0.2, 0) is 17.8 Å². The van der Waals surface area contributed by atoms with Crippen LogP contribution in [0, 0.1) is 12.7 Å². The minimum absolute atomic E-state index is 0.279. The molecule has 33 heavy (non-hydrogen) atoms. The number of fused-ring (bicyclic) bond motifs is 1. The fourth-order valence-corrected chi connectivity index (χ4v) is 3.61. The first-order valence-corrected chi connectivity index (χ1v) is 10.8. The molecule has 0 radical (unpaired) electrons. The Morgan fingerprint density at radius 1 is 1.06 bits per heavy atom. The number of benzene rings is 2. The summed E-state index contributed by atoms with van der Waals surface area (Å²) in [6.07, 6.45) is 1.31. The van der Waals surface area contributed by atoms with E-state index >= 15 is 0 Å². The number of carbonyl (C=O) groups is 2. The number of imidazole rings is 1. The van der Waals surface area contributed by atoms with Crippen LogP contribution in [0.5, 0.6) is 0 Å². The van der Waals surface area contributed by atoms with Crippen molar-refractivity contribution in [2.24, 2.45) is 0 Å². The van der Waals surface area contributed by atoms with Gasteiger partial charge in [-0.2, -0.15) is 0 Å². The molecule has 7 nitrogen and oxygen atoms in total. The zero-order valence-electron chi connectivity index (χ0n) is 19.2. The molecule has 0 bridgehead atoms. The van der Waals surface area contributed by atoms with Crippen LogP contribution in [0.3, 0.4) is 0 Å². The van der Waals surface area contributed by atoms with Crippen molar-refractivity contribution in [3.63, 3.8) is 0 Å². The number of amides is 2. The van der Waals surface area contributed by atoms with Gasteiger partial charge in [-0.15, -0.1) is 0 Å². The lowest BCUT2D eigenvalue weighted by molar-refractivity contribution is 0.0195. The van der Waals surface area contributed by atoms with Crippen LogP contribution in [0.15, 0.2) is 48.7 Å². The van der Waals surface area contributed by atoms with E-state index in [9.17, 15) is 14.0 Å². The summed E-state index contributed by atoms with van der Waals surface area (Å²) in [5.74, 6) is 0.00231. The highest BCUT2D eigenvalue weighted by Gasteiger charge is 2.27. The van der Waals surface area contributed by atoms with Crippen molar-refractivity contribution in [2.45, 2.75) is 46.4 Å². The van der Waals surface area contributed by atoms with E-state index in [0.717, 1.165) is 16.7 Å². The summed E-state index contributed by atoms with van der Waals surface area (Å²) in [4.78, 5) is 31.4. The largest absolute Gasteiger partial charge is 0.444 e. The molecule has 0 aliphatic carbocycles. The number of rotatable bonds is 3. The van der Waals surface area contributed by atoms with Gasteiger partial charge in [-0.05, 0) is 62.6 Å². The smallest absolute Gasteiger partial charge is 0.410 e. The Bertz CT molecular complexity index is 1200. The molecule has 2 aromatic carbocycles. The van der Waals surface area contributed by atoms with Gasteiger partial charge in [0.05, 0.1) is 6.54 Å². The van der Waals surface area contributed by atoms with Crippen LogP contribution in [-0.4, -0.2) is 38.6 Å². The lowest BCUT2D eigenvalue weighted by atomic mass is 10.0. The third-order valence-corrected chi connectivity index (χ3v) is 5.35.